The highest BCUT2D eigenvalue weighted by Crippen LogP contribution is 2.31. The zero-order valence-electron chi connectivity index (χ0n) is 11.6. The van der Waals surface area contributed by atoms with E-state index in [1.807, 2.05) is 13.0 Å². The average Bonchev–Trinajstić information content (AvgIpc) is 2.38. The van der Waals surface area contributed by atoms with Gasteiger partial charge in [-0.15, -0.1) is 0 Å². The van der Waals surface area contributed by atoms with Crippen molar-refractivity contribution >= 4 is 5.69 Å². The molecule has 0 aliphatic carbocycles. The maximum absolute atomic E-state index is 13.9. The minimum Gasteiger partial charge on any atom is -0.389 e. The van der Waals surface area contributed by atoms with E-state index in [0.29, 0.717) is 12.2 Å². The normalized spacial score (nSPS) is 21.5. The van der Waals surface area contributed by atoms with Crippen LogP contribution in [0.5, 0.6) is 0 Å². The van der Waals surface area contributed by atoms with Gasteiger partial charge < -0.3 is 14.7 Å². The number of halogens is 1. The quantitative estimate of drug-likeness (QED) is 0.910. The predicted octanol–water partition coefficient (Wildman–Crippen LogP) is 2.88. The molecule has 2 unspecified atom stereocenters. The smallest absolute Gasteiger partial charge is 0.131 e. The molecule has 1 aliphatic heterocycles. The van der Waals surface area contributed by atoms with E-state index in [-0.39, 0.29) is 11.9 Å². The molecule has 0 spiro atoms. The molecule has 1 aromatic carbocycles. The van der Waals surface area contributed by atoms with Gasteiger partial charge in [-0.3, -0.25) is 0 Å². The fourth-order valence-corrected chi connectivity index (χ4v) is 2.74. The highest BCUT2D eigenvalue weighted by Gasteiger charge is 2.24. The molecule has 1 fully saturated rings. The van der Waals surface area contributed by atoms with Crippen molar-refractivity contribution in [3.63, 3.8) is 0 Å². The lowest BCUT2D eigenvalue weighted by atomic mass is 10.0. The van der Waals surface area contributed by atoms with E-state index in [1.165, 1.54) is 6.07 Å². The average molecular weight is 267 g/mol. The number of rotatable bonds is 4. The summed E-state index contributed by atoms with van der Waals surface area (Å²) in [4.78, 5) is 2.12. The first-order chi connectivity index (χ1) is 9.13. The maximum Gasteiger partial charge on any atom is 0.131 e. The molecule has 0 amide bonds. The van der Waals surface area contributed by atoms with Crippen LogP contribution in [0.2, 0.25) is 0 Å². The SMILES string of the molecule is CCOC1CCCN(c2cccc(F)c2C(C)O)C1. The van der Waals surface area contributed by atoms with Gasteiger partial charge in [0.1, 0.15) is 5.82 Å². The lowest BCUT2D eigenvalue weighted by Crippen LogP contribution is -2.40. The lowest BCUT2D eigenvalue weighted by molar-refractivity contribution is 0.0525. The van der Waals surface area contributed by atoms with Crippen LogP contribution in [0.15, 0.2) is 18.2 Å². The molecule has 0 saturated carbocycles. The molecule has 2 rings (SSSR count). The van der Waals surface area contributed by atoms with Crippen molar-refractivity contribution in [1.82, 2.24) is 0 Å². The van der Waals surface area contributed by atoms with Crippen molar-refractivity contribution in [2.75, 3.05) is 24.6 Å². The second-order valence-electron chi connectivity index (χ2n) is 5.01. The van der Waals surface area contributed by atoms with Crippen molar-refractivity contribution in [1.29, 1.82) is 0 Å². The molecule has 1 aromatic rings. The molecule has 106 valence electrons. The zero-order valence-corrected chi connectivity index (χ0v) is 11.6. The Morgan fingerprint density at radius 2 is 2.32 bits per heavy atom. The molecule has 4 heteroatoms. The summed E-state index contributed by atoms with van der Waals surface area (Å²) in [5, 5.41) is 9.79. The molecule has 2 atom stereocenters. The fraction of sp³-hybridized carbons (Fsp3) is 0.600. The fourth-order valence-electron chi connectivity index (χ4n) is 2.74. The lowest BCUT2D eigenvalue weighted by Gasteiger charge is -2.35. The predicted molar refractivity (Wildman–Crippen MR) is 73.9 cm³/mol. The van der Waals surface area contributed by atoms with Crippen molar-refractivity contribution in [2.24, 2.45) is 0 Å². The largest absolute Gasteiger partial charge is 0.389 e. The van der Waals surface area contributed by atoms with Gasteiger partial charge >= 0.3 is 0 Å². The third-order valence-electron chi connectivity index (χ3n) is 3.57. The van der Waals surface area contributed by atoms with E-state index in [9.17, 15) is 9.50 Å². The Hall–Kier alpha value is -1.13. The molecule has 19 heavy (non-hydrogen) atoms. The van der Waals surface area contributed by atoms with Gasteiger partial charge in [0.25, 0.3) is 0 Å². The van der Waals surface area contributed by atoms with Crippen LogP contribution in [0.1, 0.15) is 38.4 Å². The summed E-state index contributed by atoms with van der Waals surface area (Å²) in [6.07, 6.45) is 1.47. The van der Waals surface area contributed by atoms with Gasteiger partial charge in [0.15, 0.2) is 0 Å². The van der Waals surface area contributed by atoms with Crippen LogP contribution < -0.4 is 4.90 Å². The first kappa shape index (κ1) is 14.3. The number of aliphatic hydroxyl groups excluding tert-OH is 1. The molecule has 1 N–H and O–H groups in total. The zero-order chi connectivity index (χ0) is 13.8. The van der Waals surface area contributed by atoms with Crippen LogP contribution >= 0.6 is 0 Å². The Bertz CT molecular complexity index is 421. The minimum absolute atomic E-state index is 0.198. The first-order valence-electron chi connectivity index (χ1n) is 6.96. The van der Waals surface area contributed by atoms with E-state index in [4.69, 9.17) is 4.74 Å². The summed E-state index contributed by atoms with van der Waals surface area (Å²) >= 11 is 0. The second-order valence-corrected chi connectivity index (χ2v) is 5.01. The van der Waals surface area contributed by atoms with E-state index < -0.39 is 6.10 Å². The Morgan fingerprint density at radius 3 is 3.00 bits per heavy atom. The third kappa shape index (κ3) is 3.25. The third-order valence-corrected chi connectivity index (χ3v) is 3.57. The summed E-state index contributed by atoms with van der Waals surface area (Å²) in [5.74, 6) is -0.342. The van der Waals surface area contributed by atoms with Crippen molar-refractivity contribution in [2.45, 2.75) is 38.9 Å². The topological polar surface area (TPSA) is 32.7 Å². The highest BCUT2D eigenvalue weighted by atomic mass is 19.1. The van der Waals surface area contributed by atoms with Crippen LogP contribution in [0, 0.1) is 5.82 Å². The molecule has 0 aromatic heterocycles. The number of benzene rings is 1. The van der Waals surface area contributed by atoms with E-state index in [0.717, 1.165) is 31.6 Å². The molecule has 1 saturated heterocycles. The van der Waals surface area contributed by atoms with Gasteiger partial charge in [0.2, 0.25) is 0 Å². The number of aliphatic hydroxyl groups is 1. The van der Waals surface area contributed by atoms with Crippen LogP contribution in [-0.2, 0) is 4.74 Å². The van der Waals surface area contributed by atoms with Crippen LogP contribution in [0.25, 0.3) is 0 Å². The standard InChI is InChI=1S/C15H22FNO2/c1-3-19-12-6-5-9-17(10-12)14-8-4-7-13(16)15(14)11(2)18/h4,7-8,11-12,18H,3,5-6,9-10H2,1-2H3. The molecule has 1 aliphatic rings. The van der Waals surface area contributed by atoms with Crippen molar-refractivity contribution < 1.29 is 14.2 Å². The maximum atomic E-state index is 13.9. The molecular weight excluding hydrogens is 245 g/mol. The first-order valence-corrected chi connectivity index (χ1v) is 6.96. The molecule has 0 bridgehead atoms. The summed E-state index contributed by atoms with van der Waals surface area (Å²) in [5.41, 5.74) is 1.18. The number of anilines is 1. The molecular formula is C15H22FNO2. The van der Waals surface area contributed by atoms with Crippen LogP contribution in [-0.4, -0.2) is 30.9 Å². The minimum atomic E-state index is -0.802. The number of ether oxygens (including phenoxy) is 1. The summed E-state index contributed by atoms with van der Waals surface area (Å²) < 4.78 is 19.6. The number of piperidine rings is 1. The number of hydrogen-bond donors (Lipinski definition) is 1. The highest BCUT2D eigenvalue weighted by molar-refractivity contribution is 5.55. The van der Waals surface area contributed by atoms with Crippen LogP contribution in [0.4, 0.5) is 10.1 Å². The van der Waals surface area contributed by atoms with E-state index in [1.54, 1.807) is 13.0 Å². The van der Waals surface area contributed by atoms with Gasteiger partial charge in [-0.1, -0.05) is 6.07 Å². The van der Waals surface area contributed by atoms with Gasteiger partial charge in [0, 0.05) is 30.9 Å². The van der Waals surface area contributed by atoms with Gasteiger partial charge in [0.05, 0.1) is 12.2 Å². The number of nitrogens with zero attached hydrogens (tertiary/aromatic N) is 1. The van der Waals surface area contributed by atoms with Gasteiger partial charge in [-0.2, -0.15) is 0 Å². The Labute approximate surface area is 114 Å². The summed E-state index contributed by atoms with van der Waals surface area (Å²) in [7, 11) is 0. The molecule has 1 heterocycles. The van der Waals surface area contributed by atoms with Crippen LogP contribution in [0.3, 0.4) is 0 Å². The number of hydrogen-bond acceptors (Lipinski definition) is 3. The Balaban J connectivity index is 2.23. The summed E-state index contributed by atoms with van der Waals surface area (Å²) in [6, 6.07) is 4.97. The molecule has 3 nitrogen and oxygen atoms in total. The van der Waals surface area contributed by atoms with E-state index in [2.05, 4.69) is 4.90 Å². The monoisotopic (exact) mass is 267 g/mol. The van der Waals surface area contributed by atoms with Crippen molar-refractivity contribution in [3.8, 4) is 0 Å². The second kappa shape index (κ2) is 6.35. The van der Waals surface area contributed by atoms with E-state index >= 15 is 0 Å². The van der Waals surface area contributed by atoms with Gasteiger partial charge in [-0.05, 0) is 38.8 Å². The Kier molecular flexibility index (Phi) is 4.77. The molecule has 0 radical (unpaired) electrons. The summed E-state index contributed by atoms with van der Waals surface area (Å²) in [6.45, 7) is 5.93. The Morgan fingerprint density at radius 1 is 1.53 bits per heavy atom. The van der Waals surface area contributed by atoms with Gasteiger partial charge in [-0.25, -0.2) is 4.39 Å². The van der Waals surface area contributed by atoms with Crippen molar-refractivity contribution in [3.05, 3.63) is 29.6 Å².